The van der Waals surface area contributed by atoms with Crippen LogP contribution in [0.15, 0.2) is 36.4 Å². The Morgan fingerprint density at radius 1 is 1.15 bits per heavy atom. The highest BCUT2D eigenvalue weighted by Gasteiger charge is 2.16. The van der Waals surface area contributed by atoms with Crippen molar-refractivity contribution >= 4 is 34.8 Å². The normalized spacial score (nSPS) is 10.3. The van der Waals surface area contributed by atoms with E-state index in [0.717, 1.165) is 5.56 Å². The predicted molar refractivity (Wildman–Crippen MR) is 107 cm³/mol. The Morgan fingerprint density at radius 3 is 2.52 bits per heavy atom. The number of carbonyl (C=O) groups excluding carboxylic acids is 2. The number of carbonyl (C=O) groups is 2. The Hall–Kier alpha value is -2.73. The molecule has 0 fully saturated rings. The van der Waals surface area contributed by atoms with Gasteiger partial charge in [0.05, 0.1) is 19.9 Å². The van der Waals surface area contributed by atoms with Crippen molar-refractivity contribution in [3.8, 4) is 11.5 Å². The molecule has 0 atom stereocenters. The number of rotatable bonds is 7. The van der Waals surface area contributed by atoms with Crippen LogP contribution < -0.4 is 19.7 Å². The lowest BCUT2D eigenvalue weighted by molar-refractivity contribution is -0.117. The summed E-state index contributed by atoms with van der Waals surface area (Å²) in [5, 5.41) is 3.37. The van der Waals surface area contributed by atoms with Crippen molar-refractivity contribution in [3.63, 3.8) is 0 Å². The van der Waals surface area contributed by atoms with Crippen LogP contribution in [-0.2, 0) is 9.59 Å². The van der Waals surface area contributed by atoms with E-state index in [2.05, 4.69) is 5.32 Å². The molecule has 0 aliphatic heterocycles. The molecule has 0 heterocycles. The number of hydrogen-bond donors (Lipinski definition) is 1. The third kappa shape index (κ3) is 5.37. The number of aryl methyl sites for hydroxylation is 1. The predicted octanol–water partition coefficient (Wildman–Crippen LogP) is 4.05. The molecule has 2 rings (SSSR count). The second-order valence-corrected chi connectivity index (χ2v) is 6.38. The first-order valence-corrected chi connectivity index (χ1v) is 8.79. The molecule has 2 amide bonds. The Labute approximate surface area is 164 Å². The zero-order valence-electron chi connectivity index (χ0n) is 15.8. The van der Waals surface area contributed by atoms with Gasteiger partial charge >= 0.3 is 0 Å². The highest BCUT2D eigenvalue weighted by Crippen LogP contribution is 2.31. The average Bonchev–Trinajstić information content (AvgIpc) is 2.64. The van der Waals surface area contributed by atoms with Gasteiger partial charge in [-0.15, -0.1) is 0 Å². The lowest BCUT2D eigenvalue weighted by Gasteiger charge is -2.21. The van der Waals surface area contributed by atoms with E-state index in [0.29, 0.717) is 27.9 Å². The van der Waals surface area contributed by atoms with Crippen LogP contribution in [-0.4, -0.2) is 32.6 Å². The van der Waals surface area contributed by atoms with Crippen LogP contribution in [0.2, 0.25) is 5.02 Å². The molecule has 0 aliphatic rings. The zero-order chi connectivity index (χ0) is 20.0. The second kappa shape index (κ2) is 9.28. The Kier molecular flexibility index (Phi) is 7.07. The van der Waals surface area contributed by atoms with Crippen LogP contribution in [0.25, 0.3) is 0 Å². The van der Waals surface area contributed by atoms with Gasteiger partial charge in [-0.25, -0.2) is 0 Å². The third-order valence-electron chi connectivity index (χ3n) is 4.06. The van der Waals surface area contributed by atoms with Crippen LogP contribution in [0.5, 0.6) is 11.5 Å². The Bertz CT molecular complexity index is 839. The van der Waals surface area contributed by atoms with Crippen LogP contribution in [0.4, 0.5) is 11.4 Å². The molecule has 0 saturated heterocycles. The van der Waals surface area contributed by atoms with E-state index in [1.807, 2.05) is 6.92 Å². The SMILES string of the molecule is COc1cccc(N(CCC(=O)Nc2cc(C)c(Cl)cc2OC)C(C)=O)c1. The molecule has 0 aromatic heterocycles. The van der Waals surface area contributed by atoms with Crippen LogP contribution in [0, 0.1) is 6.92 Å². The fourth-order valence-corrected chi connectivity index (χ4v) is 2.76. The molecule has 6 nitrogen and oxygen atoms in total. The van der Waals surface area contributed by atoms with Crippen molar-refractivity contribution < 1.29 is 19.1 Å². The lowest BCUT2D eigenvalue weighted by atomic mass is 10.2. The van der Waals surface area contributed by atoms with Gasteiger partial charge in [0, 0.05) is 42.7 Å². The van der Waals surface area contributed by atoms with Gasteiger partial charge in [-0.05, 0) is 30.7 Å². The first kappa shape index (κ1) is 20.6. The maximum absolute atomic E-state index is 12.4. The second-order valence-electron chi connectivity index (χ2n) is 5.97. The Morgan fingerprint density at radius 2 is 1.89 bits per heavy atom. The zero-order valence-corrected chi connectivity index (χ0v) is 16.6. The van der Waals surface area contributed by atoms with E-state index in [1.54, 1.807) is 43.5 Å². The number of nitrogens with one attached hydrogen (secondary N) is 1. The van der Waals surface area contributed by atoms with E-state index in [-0.39, 0.29) is 24.8 Å². The molecule has 0 saturated carbocycles. The van der Waals surface area contributed by atoms with E-state index < -0.39 is 0 Å². The van der Waals surface area contributed by atoms with Crippen molar-refractivity contribution in [1.82, 2.24) is 0 Å². The number of hydrogen-bond acceptors (Lipinski definition) is 4. The largest absolute Gasteiger partial charge is 0.497 e. The summed E-state index contributed by atoms with van der Waals surface area (Å²) in [6.07, 6.45) is 0.127. The molecule has 27 heavy (non-hydrogen) atoms. The molecular formula is C20H23ClN2O4. The Balaban J connectivity index is 2.08. The van der Waals surface area contributed by atoms with Gasteiger partial charge in [-0.2, -0.15) is 0 Å². The van der Waals surface area contributed by atoms with Gasteiger partial charge in [0.2, 0.25) is 11.8 Å². The highest BCUT2D eigenvalue weighted by molar-refractivity contribution is 6.31. The molecule has 144 valence electrons. The minimum absolute atomic E-state index is 0.127. The highest BCUT2D eigenvalue weighted by atomic mass is 35.5. The topological polar surface area (TPSA) is 67.9 Å². The minimum atomic E-state index is -0.232. The summed E-state index contributed by atoms with van der Waals surface area (Å²) in [7, 11) is 3.07. The molecule has 0 unspecified atom stereocenters. The lowest BCUT2D eigenvalue weighted by Crippen LogP contribution is -2.32. The fraction of sp³-hybridized carbons (Fsp3) is 0.300. The van der Waals surface area contributed by atoms with Crippen LogP contribution in [0.1, 0.15) is 18.9 Å². The average molecular weight is 391 g/mol. The van der Waals surface area contributed by atoms with Crippen molar-refractivity contribution in [3.05, 3.63) is 47.0 Å². The van der Waals surface area contributed by atoms with Gasteiger partial charge in [-0.1, -0.05) is 17.7 Å². The molecule has 0 radical (unpaired) electrons. The summed E-state index contributed by atoms with van der Waals surface area (Å²) in [4.78, 5) is 25.9. The molecule has 0 aliphatic carbocycles. The third-order valence-corrected chi connectivity index (χ3v) is 4.47. The number of amides is 2. The summed E-state index contributed by atoms with van der Waals surface area (Å²) in [6, 6.07) is 10.6. The van der Waals surface area contributed by atoms with Crippen molar-refractivity contribution in [2.45, 2.75) is 20.3 Å². The van der Waals surface area contributed by atoms with Crippen LogP contribution in [0.3, 0.4) is 0 Å². The van der Waals surface area contributed by atoms with Gasteiger partial charge < -0.3 is 19.7 Å². The van der Waals surface area contributed by atoms with Gasteiger partial charge in [-0.3, -0.25) is 9.59 Å². The molecule has 2 aromatic rings. The summed E-state index contributed by atoms with van der Waals surface area (Å²) in [5.74, 6) is 0.736. The number of methoxy groups -OCH3 is 2. The molecule has 7 heteroatoms. The number of ether oxygens (including phenoxy) is 2. The molecular weight excluding hydrogens is 368 g/mol. The molecule has 0 spiro atoms. The number of halogens is 1. The number of nitrogens with zero attached hydrogens (tertiary/aromatic N) is 1. The van der Waals surface area contributed by atoms with Gasteiger partial charge in [0.1, 0.15) is 11.5 Å². The van der Waals surface area contributed by atoms with Gasteiger partial charge in [0.15, 0.2) is 0 Å². The minimum Gasteiger partial charge on any atom is -0.497 e. The summed E-state index contributed by atoms with van der Waals surface area (Å²) in [6.45, 7) is 3.55. The summed E-state index contributed by atoms with van der Waals surface area (Å²) >= 11 is 6.08. The van der Waals surface area contributed by atoms with Crippen molar-refractivity contribution in [1.29, 1.82) is 0 Å². The summed E-state index contributed by atoms with van der Waals surface area (Å²) in [5.41, 5.74) is 2.05. The van der Waals surface area contributed by atoms with E-state index >= 15 is 0 Å². The quantitative estimate of drug-likeness (QED) is 0.774. The van der Waals surface area contributed by atoms with E-state index in [4.69, 9.17) is 21.1 Å². The van der Waals surface area contributed by atoms with Gasteiger partial charge in [0.25, 0.3) is 0 Å². The smallest absolute Gasteiger partial charge is 0.226 e. The molecule has 1 N–H and O–H groups in total. The maximum Gasteiger partial charge on any atom is 0.226 e. The fourth-order valence-electron chi connectivity index (χ4n) is 2.60. The van der Waals surface area contributed by atoms with E-state index in [9.17, 15) is 9.59 Å². The first-order chi connectivity index (χ1) is 12.8. The van der Waals surface area contributed by atoms with Crippen molar-refractivity contribution in [2.24, 2.45) is 0 Å². The number of benzene rings is 2. The maximum atomic E-state index is 12.4. The summed E-state index contributed by atoms with van der Waals surface area (Å²) < 4.78 is 10.5. The van der Waals surface area contributed by atoms with E-state index in [1.165, 1.54) is 18.9 Å². The number of anilines is 2. The monoisotopic (exact) mass is 390 g/mol. The first-order valence-electron chi connectivity index (χ1n) is 8.42. The van der Waals surface area contributed by atoms with Crippen molar-refractivity contribution in [2.75, 3.05) is 31.0 Å². The van der Waals surface area contributed by atoms with Crippen LogP contribution >= 0.6 is 11.6 Å². The molecule has 0 bridgehead atoms. The molecule has 2 aromatic carbocycles. The standard InChI is InChI=1S/C20H23ClN2O4/c1-13-10-18(19(27-4)12-17(13)21)22-20(25)8-9-23(14(2)24)15-6-5-7-16(11-15)26-3/h5-7,10-12H,8-9H2,1-4H3,(H,22,25).